The first-order chi connectivity index (χ1) is 7.55. The van der Waals surface area contributed by atoms with Gasteiger partial charge in [-0.2, -0.15) is 0 Å². The zero-order valence-corrected chi connectivity index (χ0v) is 11.6. The minimum Gasteiger partial charge on any atom is -0.271 e. The van der Waals surface area contributed by atoms with Crippen LogP contribution in [0.15, 0.2) is 0 Å². The lowest BCUT2D eigenvalue weighted by Crippen LogP contribution is -2.45. The predicted octanol–water partition coefficient (Wildman–Crippen LogP) is 3.47. The van der Waals surface area contributed by atoms with E-state index >= 15 is 0 Å². The van der Waals surface area contributed by atoms with Gasteiger partial charge in [-0.3, -0.25) is 11.3 Å². The average Bonchev–Trinajstić information content (AvgIpc) is 2.61. The lowest BCUT2D eigenvalue weighted by Gasteiger charge is -2.35. The van der Waals surface area contributed by atoms with Crippen LogP contribution < -0.4 is 11.3 Å². The van der Waals surface area contributed by atoms with Crippen LogP contribution in [-0.4, -0.2) is 6.04 Å². The second-order valence-corrected chi connectivity index (χ2v) is 6.18. The van der Waals surface area contributed by atoms with E-state index < -0.39 is 0 Å². The van der Waals surface area contributed by atoms with E-state index in [2.05, 4.69) is 33.1 Å². The van der Waals surface area contributed by atoms with Crippen LogP contribution in [0.2, 0.25) is 0 Å². The van der Waals surface area contributed by atoms with Crippen LogP contribution in [0.4, 0.5) is 0 Å². The molecule has 0 aliphatic heterocycles. The largest absolute Gasteiger partial charge is 0.271 e. The highest BCUT2D eigenvalue weighted by Gasteiger charge is 2.39. The van der Waals surface area contributed by atoms with Crippen molar-refractivity contribution in [1.29, 1.82) is 0 Å². The molecule has 2 unspecified atom stereocenters. The average molecular weight is 226 g/mol. The fourth-order valence-corrected chi connectivity index (χ4v) is 3.43. The van der Waals surface area contributed by atoms with Crippen molar-refractivity contribution in [2.45, 2.75) is 72.3 Å². The maximum Gasteiger partial charge on any atom is 0.0246 e. The van der Waals surface area contributed by atoms with Gasteiger partial charge in [-0.05, 0) is 36.5 Å². The molecule has 0 spiro atoms. The molecule has 1 aliphatic carbocycles. The van der Waals surface area contributed by atoms with Crippen molar-refractivity contribution in [2.75, 3.05) is 0 Å². The van der Waals surface area contributed by atoms with Gasteiger partial charge in [0.05, 0.1) is 0 Å². The third-order valence-corrected chi connectivity index (χ3v) is 4.78. The minimum absolute atomic E-state index is 0.475. The molecule has 2 heteroatoms. The van der Waals surface area contributed by atoms with Crippen LogP contribution in [0.3, 0.4) is 0 Å². The van der Waals surface area contributed by atoms with Gasteiger partial charge < -0.3 is 0 Å². The van der Waals surface area contributed by atoms with Crippen molar-refractivity contribution in [2.24, 2.45) is 23.1 Å². The molecule has 1 fully saturated rings. The zero-order chi connectivity index (χ0) is 12.2. The Morgan fingerprint density at radius 1 is 1.31 bits per heavy atom. The van der Waals surface area contributed by atoms with Crippen molar-refractivity contribution in [3.63, 3.8) is 0 Å². The van der Waals surface area contributed by atoms with Crippen LogP contribution >= 0.6 is 0 Å². The van der Waals surface area contributed by atoms with E-state index in [4.69, 9.17) is 5.84 Å². The van der Waals surface area contributed by atoms with Crippen LogP contribution in [0.1, 0.15) is 66.2 Å². The molecular formula is C14H30N2. The van der Waals surface area contributed by atoms with Gasteiger partial charge in [0.1, 0.15) is 0 Å². The third kappa shape index (κ3) is 3.21. The standard InChI is InChI=1S/C14H30N2/c1-5-11(6-2)10-13(16-15)12-8-7-9-14(12,3)4/h11-13,16H,5-10,15H2,1-4H3. The first-order valence-corrected chi connectivity index (χ1v) is 7.01. The number of rotatable bonds is 6. The van der Waals surface area contributed by atoms with Gasteiger partial charge in [-0.25, -0.2) is 0 Å². The highest BCUT2D eigenvalue weighted by molar-refractivity contribution is 4.92. The molecule has 16 heavy (non-hydrogen) atoms. The normalized spacial score (nSPS) is 26.2. The Morgan fingerprint density at radius 3 is 2.31 bits per heavy atom. The Balaban J connectivity index is 2.59. The van der Waals surface area contributed by atoms with Gasteiger partial charge in [0.2, 0.25) is 0 Å². The van der Waals surface area contributed by atoms with Crippen molar-refractivity contribution >= 4 is 0 Å². The highest BCUT2D eigenvalue weighted by atomic mass is 15.2. The van der Waals surface area contributed by atoms with Crippen molar-refractivity contribution < 1.29 is 0 Å². The second-order valence-electron chi connectivity index (χ2n) is 6.18. The predicted molar refractivity (Wildman–Crippen MR) is 70.9 cm³/mol. The Morgan fingerprint density at radius 2 is 1.94 bits per heavy atom. The Labute approximate surface area is 101 Å². The lowest BCUT2D eigenvalue weighted by atomic mass is 9.75. The molecule has 0 saturated heterocycles. The summed E-state index contributed by atoms with van der Waals surface area (Å²) in [5, 5.41) is 0. The molecule has 0 aromatic heterocycles. The fraction of sp³-hybridized carbons (Fsp3) is 1.00. The molecule has 1 rings (SSSR count). The molecule has 0 aromatic rings. The van der Waals surface area contributed by atoms with Gasteiger partial charge in [-0.1, -0.05) is 47.0 Å². The third-order valence-electron chi connectivity index (χ3n) is 4.78. The summed E-state index contributed by atoms with van der Waals surface area (Å²) < 4.78 is 0. The summed E-state index contributed by atoms with van der Waals surface area (Å²) in [6.07, 6.45) is 7.89. The molecule has 0 bridgehead atoms. The quantitative estimate of drug-likeness (QED) is 0.537. The van der Waals surface area contributed by atoms with Crippen LogP contribution in [0.5, 0.6) is 0 Å². The Kier molecular flexibility index (Phi) is 5.26. The smallest absolute Gasteiger partial charge is 0.0246 e. The minimum atomic E-state index is 0.475. The second kappa shape index (κ2) is 6.02. The number of hydrogen-bond donors (Lipinski definition) is 2. The summed E-state index contributed by atoms with van der Waals surface area (Å²) in [6.45, 7) is 9.40. The van der Waals surface area contributed by atoms with Crippen LogP contribution in [0.25, 0.3) is 0 Å². The van der Waals surface area contributed by atoms with E-state index in [9.17, 15) is 0 Å². The van der Waals surface area contributed by atoms with Crippen LogP contribution in [0, 0.1) is 17.3 Å². The van der Waals surface area contributed by atoms with Crippen molar-refractivity contribution in [1.82, 2.24) is 5.43 Å². The lowest BCUT2D eigenvalue weighted by molar-refractivity contribution is 0.173. The van der Waals surface area contributed by atoms with E-state index in [1.54, 1.807) is 0 Å². The summed E-state index contributed by atoms with van der Waals surface area (Å²) in [4.78, 5) is 0. The van der Waals surface area contributed by atoms with E-state index in [-0.39, 0.29) is 0 Å². The summed E-state index contributed by atoms with van der Waals surface area (Å²) in [6, 6.07) is 0.516. The van der Waals surface area contributed by atoms with E-state index in [1.165, 1.54) is 38.5 Å². The SMILES string of the molecule is CCC(CC)CC(NN)C1CCCC1(C)C. The number of nitrogens with one attached hydrogen (secondary N) is 1. The topological polar surface area (TPSA) is 38.0 Å². The van der Waals surface area contributed by atoms with Gasteiger partial charge in [0.15, 0.2) is 0 Å². The van der Waals surface area contributed by atoms with Crippen LogP contribution in [-0.2, 0) is 0 Å². The molecule has 0 aromatic carbocycles. The fourth-order valence-electron chi connectivity index (χ4n) is 3.43. The summed E-state index contributed by atoms with van der Waals surface area (Å²) in [5.74, 6) is 7.37. The molecule has 2 atom stereocenters. The molecule has 0 amide bonds. The van der Waals surface area contributed by atoms with Gasteiger partial charge in [0.25, 0.3) is 0 Å². The van der Waals surface area contributed by atoms with E-state index in [0.717, 1.165) is 11.8 Å². The molecule has 2 nitrogen and oxygen atoms in total. The zero-order valence-electron chi connectivity index (χ0n) is 11.6. The number of hydrazine groups is 1. The first-order valence-electron chi connectivity index (χ1n) is 7.01. The maximum absolute atomic E-state index is 5.78. The molecule has 1 aliphatic rings. The molecule has 1 saturated carbocycles. The highest BCUT2D eigenvalue weighted by Crippen LogP contribution is 2.45. The monoisotopic (exact) mass is 226 g/mol. The number of nitrogens with two attached hydrogens (primary N) is 1. The Bertz CT molecular complexity index is 197. The van der Waals surface area contributed by atoms with Gasteiger partial charge in [0, 0.05) is 6.04 Å². The first kappa shape index (κ1) is 14.0. The molecule has 0 heterocycles. The summed E-state index contributed by atoms with van der Waals surface area (Å²) in [7, 11) is 0. The Hall–Kier alpha value is -0.0800. The van der Waals surface area contributed by atoms with Gasteiger partial charge in [-0.15, -0.1) is 0 Å². The molecular weight excluding hydrogens is 196 g/mol. The summed E-state index contributed by atoms with van der Waals surface area (Å²) in [5.41, 5.74) is 3.57. The maximum atomic E-state index is 5.78. The van der Waals surface area contributed by atoms with Crippen molar-refractivity contribution in [3.8, 4) is 0 Å². The summed E-state index contributed by atoms with van der Waals surface area (Å²) >= 11 is 0. The molecule has 96 valence electrons. The van der Waals surface area contributed by atoms with E-state index in [1.807, 2.05) is 0 Å². The number of hydrogen-bond acceptors (Lipinski definition) is 2. The molecule has 3 N–H and O–H groups in total. The van der Waals surface area contributed by atoms with Gasteiger partial charge >= 0.3 is 0 Å². The van der Waals surface area contributed by atoms with Crippen molar-refractivity contribution in [3.05, 3.63) is 0 Å². The van der Waals surface area contributed by atoms with E-state index in [0.29, 0.717) is 11.5 Å². The molecule has 0 radical (unpaired) electrons.